The van der Waals surface area contributed by atoms with Gasteiger partial charge in [0.15, 0.2) is 0 Å². The van der Waals surface area contributed by atoms with Crippen molar-refractivity contribution in [3.05, 3.63) is 88.7 Å². The number of alkyl carbamates (subject to hydrolysis) is 1. The molecule has 4 rings (SSSR count). The lowest BCUT2D eigenvalue weighted by Crippen LogP contribution is -2.54. The van der Waals surface area contributed by atoms with Gasteiger partial charge in [-0.15, -0.1) is 0 Å². The minimum Gasteiger partial charge on any atom is -0.481 e. The predicted octanol–water partition coefficient (Wildman–Crippen LogP) is 5.94. The first-order chi connectivity index (χ1) is 19.2. The standard InChI is InChI=1S/C29H24F5NO6/c1-29(2,3)18(26(36)37)24(27(38)41-25-22(33)20(31)19(30)21(32)23(25)34)35-28(39)40-12-17-15-10-6-4-8-13(15)14-9-5-7-11-16(14)17/h4-11,17-18,24H,12H2,1-3H3,(H,35,39)(H,36,37)/t18?,24-/m0/s1. The van der Waals surface area contributed by atoms with Gasteiger partial charge in [0.05, 0.1) is 5.92 Å². The highest BCUT2D eigenvalue weighted by molar-refractivity contribution is 5.89. The molecule has 41 heavy (non-hydrogen) atoms. The molecule has 0 bridgehead atoms. The summed E-state index contributed by atoms with van der Waals surface area (Å²) in [6, 6.07) is 12.7. The van der Waals surface area contributed by atoms with Crippen LogP contribution in [-0.2, 0) is 14.3 Å². The maximum atomic E-state index is 14.2. The molecule has 0 aliphatic heterocycles. The van der Waals surface area contributed by atoms with Crippen molar-refractivity contribution in [3.63, 3.8) is 0 Å². The molecule has 1 aliphatic rings. The molecule has 216 valence electrons. The number of carbonyl (C=O) groups is 3. The van der Waals surface area contributed by atoms with Crippen LogP contribution in [0.3, 0.4) is 0 Å². The fourth-order valence-electron chi connectivity index (χ4n) is 4.90. The molecular weight excluding hydrogens is 553 g/mol. The van der Waals surface area contributed by atoms with Gasteiger partial charge in [-0.25, -0.2) is 22.8 Å². The number of halogens is 5. The van der Waals surface area contributed by atoms with E-state index >= 15 is 0 Å². The minimum atomic E-state index is -2.48. The summed E-state index contributed by atoms with van der Waals surface area (Å²) in [5.74, 6) is -19.7. The molecule has 1 aliphatic carbocycles. The van der Waals surface area contributed by atoms with Crippen molar-refractivity contribution in [1.82, 2.24) is 5.32 Å². The second-order valence-electron chi connectivity index (χ2n) is 10.4. The van der Waals surface area contributed by atoms with Crippen molar-refractivity contribution >= 4 is 18.0 Å². The Morgan fingerprint density at radius 1 is 0.829 bits per heavy atom. The normalized spacial score (nSPS) is 14.0. The van der Waals surface area contributed by atoms with Gasteiger partial charge >= 0.3 is 18.0 Å². The van der Waals surface area contributed by atoms with Crippen LogP contribution in [0, 0.1) is 40.4 Å². The number of carbonyl (C=O) groups excluding carboxylic acids is 2. The van der Waals surface area contributed by atoms with E-state index in [1.54, 1.807) is 0 Å². The molecule has 3 aromatic carbocycles. The lowest BCUT2D eigenvalue weighted by molar-refractivity contribution is -0.154. The number of carboxylic acids is 1. The van der Waals surface area contributed by atoms with E-state index in [-0.39, 0.29) is 6.61 Å². The number of aliphatic carboxylic acids is 1. The number of carboxylic acid groups (broad SMARTS) is 1. The number of rotatable bonds is 7. The molecule has 0 saturated heterocycles. The third-order valence-electron chi connectivity index (χ3n) is 6.78. The molecule has 12 heteroatoms. The Balaban J connectivity index is 1.60. The van der Waals surface area contributed by atoms with Gasteiger partial charge in [-0.1, -0.05) is 69.3 Å². The van der Waals surface area contributed by atoms with Crippen LogP contribution < -0.4 is 10.1 Å². The van der Waals surface area contributed by atoms with Gasteiger partial charge in [0.25, 0.3) is 0 Å². The van der Waals surface area contributed by atoms with E-state index in [4.69, 9.17) is 4.74 Å². The van der Waals surface area contributed by atoms with Crippen LogP contribution in [0.1, 0.15) is 37.8 Å². The second kappa shape index (κ2) is 11.2. The van der Waals surface area contributed by atoms with Crippen molar-refractivity contribution in [1.29, 1.82) is 0 Å². The van der Waals surface area contributed by atoms with E-state index in [2.05, 4.69) is 10.1 Å². The lowest BCUT2D eigenvalue weighted by Gasteiger charge is -2.32. The smallest absolute Gasteiger partial charge is 0.407 e. The van der Waals surface area contributed by atoms with E-state index in [0.717, 1.165) is 22.3 Å². The molecule has 0 heterocycles. The van der Waals surface area contributed by atoms with Crippen molar-refractivity contribution in [2.45, 2.75) is 32.7 Å². The van der Waals surface area contributed by atoms with E-state index in [1.165, 1.54) is 20.8 Å². The first-order valence-electron chi connectivity index (χ1n) is 12.3. The number of hydrogen-bond donors (Lipinski definition) is 2. The molecule has 2 atom stereocenters. The Morgan fingerprint density at radius 2 is 1.29 bits per heavy atom. The third-order valence-corrected chi connectivity index (χ3v) is 6.78. The second-order valence-corrected chi connectivity index (χ2v) is 10.4. The average molecular weight is 578 g/mol. The SMILES string of the molecule is CC(C)(C)C(C(=O)O)[C@H](NC(=O)OCC1c2ccccc2-c2ccccc21)C(=O)Oc1c(F)c(F)c(F)c(F)c1F. The third kappa shape index (κ3) is 5.59. The minimum absolute atomic E-state index is 0.230. The van der Waals surface area contributed by atoms with Crippen molar-refractivity contribution < 1.29 is 50.9 Å². The monoisotopic (exact) mass is 577 g/mol. The highest BCUT2D eigenvalue weighted by Crippen LogP contribution is 2.44. The summed E-state index contributed by atoms with van der Waals surface area (Å²) in [4.78, 5) is 38.0. The molecule has 0 saturated carbocycles. The summed E-state index contributed by atoms with van der Waals surface area (Å²) in [7, 11) is 0. The maximum absolute atomic E-state index is 14.2. The molecular formula is C29H24F5NO6. The van der Waals surface area contributed by atoms with Gasteiger partial charge in [-0.2, -0.15) is 8.78 Å². The molecule has 1 unspecified atom stereocenters. The number of amides is 1. The van der Waals surface area contributed by atoms with Crippen LogP contribution in [0.5, 0.6) is 5.75 Å². The van der Waals surface area contributed by atoms with Crippen molar-refractivity contribution in [2.24, 2.45) is 11.3 Å². The molecule has 0 radical (unpaired) electrons. The maximum Gasteiger partial charge on any atom is 0.407 e. The number of fused-ring (bicyclic) bond motifs is 3. The van der Waals surface area contributed by atoms with Gasteiger partial charge in [-0.05, 0) is 27.7 Å². The summed E-state index contributed by atoms with van der Waals surface area (Å²) >= 11 is 0. The van der Waals surface area contributed by atoms with Gasteiger partial charge in [0.2, 0.25) is 34.8 Å². The highest BCUT2D eigenvalue weighted by Gasteiger charge is 2.45. The Morgan fingerprint density at radius 3 is 1.76 bits per heavy atom. The van der Waals surface area contributed by atoms with E-state index in [1.807, 2.05) is 48.5 Å². The molecule has 2 N–H and O–H groups in total. The predicted molar refractivity (Wildman–Crippen MR) is 134 cm³/mol. The Bertz CT molecular complexity index is 1460. The number of hydrogen-bond acceptors (Lipinski definition) is 5. The summed E-state index contributed by atoms with van der Waals surface area (Å²) in [6.45, 7) is 3.95. The Labute approximate surface area is 230 Å². The van der Waals surface area contributed by atoms with Crippen molar-refractivity contribution in [2.75, 3.05) is 6.61 Å². The van der Waals surface area contributed by atoms with E-state index < -0.39 is 76.2 Å². The van der Waals surface area contributed by atoms with Crippen LogP contribution in [-0.4, -0.2) is 35.8 Å². The van der Waals surface area contributed by atoms with Crippen LogP contribution >= 0.6 is 0 Å². The Kier molecular flexibility index (Phi) is 8.05. The van der Waals surface area contributed by atoms with E-state index in [9.17, 15) is 41.4 Å². The first kappa shape index (κ1) is 29.5. The summed E-state index contributed by atoms with van der Waals surface area (Å²) in [6.07, 6.45) is -1.28. The molecule has 1 amide bonds. The average Bonchev–Trinajstić information content (AvgIpc) is 3.24. The summed E-state index contributed by atoms with van der Waals surface area (Å²) < 4.78 is 79.0. The lowest BCUT2D eigenvalue weighted by atomic mass is 9.76. The van der Waals surface area contributed by atoms with Gasteiger partial charge in [-0.3, -0.25) is 4.79 Å². The first-order valence-corrected chi connectivity index (χ1v) is 12.3. The summed E-state index contributed by atoms with van der Waals surface area (Å²) in [5, 5.41) is 11.9. The quantitative estimate of drug-likeness (QED) is 0.119. The van der Waals surface area contributed by atoms with Gasteiger partial charge in [0.1, 0.15) is 12.6 Å². The van der Waals surface area contributed by atoms with Crippen molar-refractivity contribution in [3.8, 4) is 16.9 Å². The number of esters is 1. The Hall–Kier alpha value is -4.48. The molecule has 0 aromatic heterocycles. The topological polar surface area (TPSA) is 102 Å². The van der Waals surface area contributed by atoms with Crippen LogP contribution in [0.2, 0.25) is 0 Å². The fourth-order valence-corrected chi connectivity index (χ4v) is 4.90. The number of ether oxygens (including phenoxy) is 2. The zero-order valence-electron chi connectivity index (χ0n) is 21.9. The van der Waals surface area contributed by atoms with E-state index in [0.29, 0.717) is 0 Å². The highest BCUT2D eigenvalue weighted by atomic mass is 19.2. The largest absolute Gasteiger partial charge is 0.481 e. The van der Waals surface area contributed by atoms with Gasteiger partial charge < -0.3 is 19.9 Å². The molecule has 0 fully saturated rings. The zero-order chi connectivity index (χ0) is 30.2. The van der Waals surface area contributed by atoms with Gasteiger partial charge in [0, 0.05) is 5.92 Å². The fraction of sp³-hybridized carbons (Fsp3) is 0.276. The molecule has 7 nitrogen and oxygen atoms in total. The molecule has 0 spiro atoms. The number of benzene rings is 3. The zero-order valence-corrected chi connectivity index (χ0v) is 21.9. The number of nitrogens with one attached hydrogen (secondary N) is 1. The molecule has 3 aromatic rings. The van der Waals surface area contributed by atoms with Crippen LogP contribution in [0.15, 0.2) is 48.5 Å². The summed E-state index contributed by atoms with van der Waals surface area (Å²) in [5.41, 5.74) is 2.31. The van der Waals surface area contributed by atoms with Crippen LogP contribution in [0.4, 0.5) is 26.7 Å². The van der Waals surface area contributed by atoms with Crippen LogP contribution in [0.25, 0.3) is 11.1 Å².